The van der Waals surface area contributed by atoms with E-state index >= 15 is 0 Å². The lowest BCUT2D eigenvalue weighted by atomic mass is 10.1. The Morgan fingerprint density at radius 3 is 2.48 bits per heavy atom. The third kappa shape index (κ3) is 5.97. The molecule has 10 heteroatoms. The highest BCUT2D eigenvalue weighted by atomic mass is 35.5. The summed E-state index contributed by atoms with van der Waals surface area (Å²) >= 11 is 6.22. The average molecular weight is 453 g/mol. The van der Waals surface area contributed by atoms with Crippen molar-refractivity contribution in [2.75, 3.05) is 11.9 Å². The van der Waals surface area contributed by atoms with Crippen molar-refractivity contribution in [3.05, 3.63) is 64.5 Å². The highest BCUT2D eigenvalue weighted by Gasteiger charge is 2.30. The van der Waals surface area contributed by atoms with Gasteiger partial charge in [-0.2, -0.15) is 18.2 Å². The van der Waals surface area contributed by atoms with Crippen molar-refractivity contribution < 1.29 is 22.5 Å². The van der Waals surface area contributed by atoms with Crippen LogP contribution >= 0.6 is 11.6 Å². The Labute approximate surface area is 181 Å². The van der Waals surface area contributed by atoms with Gasteiger partial charge in [-0.05, 0) is 36.2 Å². The number of carbonyl (C=O) groups excluding carboxylic acids is 1. The fourth-order valence-corrected chi connectivity index (χ4v) is 2.90. The summed E-state index contributed by atoms with van der Waals surface area (Å²) in [5.74, 6) is 0.499. The molecule has 0 fully saturated rings. The molecule has 31 heavy (non-hydrogen) atoms. The van der Waals surface area contributed by atoms with E-state index in [1.807, 2.05) is 13.8 Å². The number of alkyl halides is 3. The van der Waals surface area contributed by atoms with Gasteiger partial charge in [0, 0.05) is 17.8 Å². The number of hydrogen-bond acceptors (Lipinski definition) is 5. The number of carbonyl (C=O) groups is 1. The Hall–Kier alpha value is -3.07. The van der Waals surface area contributed by atoms with E-state index in [1.165, 1.54) is 12.1 Å². The van der Waals surface area contributed by atoms with E-state index in [0.29, 0.717) is 34.3 Å². The Kier molecular flexibility index (Phi) is 6.84. The first-order valence-electron chi connectivity index (χ1n) is 9.45. The molecule has 1 heterocycles. The monoisotopic (exact) mass is 452 g/mol. The summed E-state index contributed by atoms with van der Waals surface area (Å²) in [4.78, 5) is 16.3. The molecule has 1 amide bonds. The van der Waals surface area contributed by atoms with Crippen LogP contribution in [-0.4, -0.2) is 22.6 Å². The normalized spacial score (nSPS) is 11.6. The predicted octanol–water partition coefficient (Wildman–Crippen LogP) is 5.41. The summed E-state index contributed by atoms with van der Waals surface area (Å²) in [6.45, 7) is 4.71. The van der Waals surface area contributed by atoms with E-state index in [9.17, 15) is 18.0 Å². The fraction of sp³-hybridized carbons (Fsp3) is 0.286. The van der Waals surface area contributed by atoms with E-state index in [2.05, 4.69) is 20.8 Å². The molecule has 0 saturated heterocycles. The van der Waals surface area contributed by atoms with Crippen molar-refractivity contribution in [2.24, 2.45) is 5.92 Å². The maximum atomic E-state index is 12.7. The number of hydrogen-bond donors (Lipinski definition) is 2. The smallest absolute Gasteiger partial charge is 0.376 e. The third-order valence-corrected chi connectivity index (χ3v) is 4.58. The van der Waals surface area contributed by atoms with Gasteiger partial charge in [0.1, 0.15) is 0 Å². The Bertz CT molecular complexity index is 1050. The number of nitrogens with one attached hydrogen (secondary N) is 2. The van der Waals surface area contributed by atoms with E-state index in [4.69, 9.17) is 16.1 Å². The summed E-state index contributed by atoms with van der Waals surface area (Å²) in [5, 5.41) is 9.95. The summed E-state index contributed by atoms with van der Waals surface area (Å²) in [6.07, 6.45) is -4.41. The van der Waals surface area contributed by atoms with Gasteiger partial charge in [0.15, 0.2) is 0 Å². The molecule has 6 nitrogen and oxygen atoms in total. The van der Waals surface area contributed by atoms with Crippen molar-refractivity contribution in [3.8, 4) is 11.4 Å². The topological polar surface area (TPSA) is 80.0 Å². The summed E-state index contributed by atoms with van der Waals surface area (Å²) in [6, 6.07) is 9.42. The van der Waals surface area contributed by atoms with Crippen LogP contribution in [0.5, 0.6) is 0 Å². The number of nitrogens with zero attached hydrogens (tertiary/aromatic N) is 2. The molecular formula is C21H20ClF3N4O2. The minimum absolute atomic E-state index is 0.170. The van der Waals surface area contributed by atoms with Gasteiger partial charge < -0.3 is 15.2 Å². The van der Waals surface area contributed by atoms with Gasteiger partial charge in [0.2, 0.25) is 11.7 Å². The third-order valence-electron chi connectivity index (χ3n) is 4.27. The molecule has 0 unspecified atom stereocenters. The van der Waals surface area contributed by atoms with Gasteiger partial charge in [0.05, 0.1) is 22.7 Å². The van der Waals surface area contributed by atoms with Crippen molar-refractivity contribution >= 4 is 23.2 Å². The highest BCUT2D eigenvalue weighted by molar-refractivity contribution is 6.34. The SMILES string of the molecule is CC(C)CNC(=O)c1ccc(NCc2nc(-c3ccc(C(F)(F)F)cc3)no2)cc1Cl. The average Bonchev–Trinajstić information content (AvgIpc) is 3.19. The molecule has 1 aromatic heterocycles. The molecule has 0 saturated carbocycles. The lowest BCUT2D eigenvalue weighted by Crippen LogP contribution is -2.27. The minimum Gasteiger partial charge on any atom is -0.376 e. The van der Waals surface area contributed by atoms with Gasteiger partial charge in [-0.3, -0.25) is 4.79 Å². The number of aromatic nitrogens is 2. The zero-order valence-electron chi connectivity index (χ0n) is 16.8. The quantitative estimate of drug-likeness (QED) is 0.501. The van der Waals surface area contributed by atoms with Crippen molar-refractivity contribution in [3.63, 3.8) is 0 Å². The molecule has 3 aromatic rings. The van der Waals surface area contributed by atoms with Crippen LogP contribution in [0.25, 0.3) is 11.4 Å². The molecule has 0 radical (unpaired) electrons. The molecular weight excluding hydrogens is 433 g/mol. The van der Waals surface area contributed by atoms with Gasteiger partial charge in [-0.1, -0.05) is 42.7 Å². The van der Waals surface area contributed by atoms with Crippen LogP contribution in [0.2, 0.25) is 5.02 Å². The predicted molar refractivity (Wildman–Crippen MR) is 111 cm³/mol. The second-order valence-corrected chi connectivity index (χ2v) is 7.65. The highest BCUT2D eigenvalue weighted by Crippen LogP contribution is 2.30. The van der Waals surface area contributed by atoms with Gasteiger partial charge >= 0.3 is 6.18 Å². The van der Waals surface area contributed by atoms with Crippen LogP contribution in [0, 0.1) is 5.92 Å². The van der Waals surface area contributed by atoms with Crippen LogP contribution < -0.4 is 10.6 Å². The lowest BCUT2D eigenvalue weighted by molar-refractivity contribution is -0.137. The van der Waals surface area contributed by atoms with Gasteiger partial charge in [-0.15, -0.1) is 0 Å². The van der Waals surface area contributed by atoms with Crippen LogP contribution in [-0.2, 0) is 12.7 Å². The second-order valence-electron chi connectivity index (χ2n) is 7.24. The largest absolute Gasteiger partial charge is 0.416 e. The number of anilines is 1. The first kappa shape index (κ1) is 22.6. The molecule has 0 atom stereocenters. The molecule has 2 N–H and O–H groups in total. The fourth-order valence-electron chi connectivity index (χ4n) is 2.63. The molecule has 3 rings (SSSR count). The Morgan fingerprint density at radius 2 is 1.87 bits per heavy atom. The first-order chi connectivity index (χ1) is 14.6. The Balaban J connectivity index is 1.61. The number of benzene rings is 2. The molecule has 2 aromatic carbocycles. The molecule has 0 spiro atoms. The lowest BCUT2D eigenvalue weighted by Gasteiger charge is -2.10. The maximum Gasteiger partial charge on any atom is 0.416 e. The molecule has 0 aliphatic carbocycles. The second kappa shape index (κ2) is 9.38. The first-order valence-corrected chi connectivity index (χ1v) is 9.83. The maximum absolute atomic E-state index is 12.7. The van der Waals surface area contributed by atoms with Crippen molar-refractivity contribution in [1.82, 2.24) is 15.5 Å². The molecule has 0 bridgehead atoms. The molecule has 0 aliphatic heterocycles. The van der Waals surface area contributed by atoms with E-state index < -0.39 is 11.7 Å². The van der Waals surface area contributed by atoms with Gasteiger partial charge in [-0.25, -0.2) is 0 Å². The Morgan fingerprint density at radius 1 is 1.16 bits per heavy atom. The number of halogens is 4. The molecule has 164 valence electrons. The summed E-state index contributed by atoms with van der Waals surface area (Å²) < 4.78 is 43.1. The minimum atomic E-state index is -4.41. The van der Waals surface area contributed by atoms with Crippen LogP contribution in [0.1, 0.15) is 35.7 Å². The zero-order chi connectivity index (χ0) is 22.6. The van der Waals surface area contributed by atoms with Crippen LogP contribution in [0.4, 0.5) is 18.9 Å². The van der Waals surface area contributed by atoms with Gasteiger partial charge in [0.25, 0.3) is 5.91 Å². The van der Waals surface area contributed by atoms with Crippen molar-refractivity contribution in [1.29, 1.82) is 0 Å². The van der Waals surface area contributed by atoms with E-state index in [0.717, 1.165) is 12.1 Å². The standard InChI is InChI=1S/C21H20ClF3N4O2/c1-12(2)10-27-20(30)16-8-7-15(9-17(16)22)26-11-18-28-19(29-31-18)13-3-5-14(6-4-13)21(23,24)25/h3-9,12,26H,10-11H2,1-2H3,(H,27,30). The van der Waals surface area contributed by atoms with Crippen LogP contribution in [0.3, 0.4) is 0 Å². The number of rotatable bonds is 7. The summed E-state index contributed by atoms with van der Waals surface area (Å²) in [7, 11) is 0. The summed E-state index contributed by atoms with van der Waals surface area (Å²) in [5.41, 5.74) is 0.664. The van der Waals surface area contributed by atoms with Crippen LogP contribution in [0.15, 0.2) is 47.0 Å². The zero-order valence-corrected chi connectivity index (χ0v) is 17.5. The van der Waals surface area contributed by atoms with Crippen molar-refractivity contribution in [2.45, 2.75) is 26.6 Å². The number of amides is 1. The van der Waals surface area contributed by atoms with E-state index in [-0.39, 0.29) is 24.2 Å². The molecule has 0 aliphatic rings. The van der Waals surface area contributed by atoms with E-state index in [1.54, 1.807) is 18.2 Å².